The van der Waals surface area contributed by atoms with Crippen molar-refractivity contribution in [2.75, 3.05) is 5.75 Å². The Hall–Kier alpha value is -1.62. The Bertz CT molecular complexity index is 662. The fraction of sp³-hybridized carbons (Fsp3) is 0.250. The molecule has 0 atom stereocenters. The second kappa shape index (κ2) is 4.33. The third-order valence-electron chi connectivity index (χ3n) is 2.56. The van der Waals surface area contributed by atoms with Crippen molar-refractivity contribution < 1.29 is 0 Å². The van der Waals surface area contributed by atoms with Gasteiger partial charge in [0.2, 0.25) is 0 Å². The van der Waals surface area contributed by atoms with Crippen LogP contribution in [0.3, 0.4) is 0 Å². The molecule has 3 rings (SSSR count). The van der Waals surface area contributed by atoms with Gasteiger partial charge in [-0.05, 0) is 18.6 Å². The number of thioether (sulfide) groups is 1. The van der Waals surface area contributed by atoms with Crippen molar-refractivity contribution in [1.29, 1.82) is 0 Å². The summed E-state index contributed by atoms with van der Waals surface area (Å²) >= 11 is 1.71. The van der Waals surface area contributed by atoms with Crippen LogP contribution in [0.15, 0.2) is 35.7 Å². The summed E-state index contributed by atoms with van der Waals surface area (Å²) in [6.07, 6.45) is 2.93. The molecular formula is C12H12N4S. The summed E-state index contributed by atoms with van der Waals surface area (Å²) in [5, 5.41) is 10.4. The Morgan fingerprint density at radius 3 is 3.00 bits per heavy atom. The van der Waals surface area contributed by atoms with Gasteiger partial charge in [0.05, 0.1) is 5.52 Å². The van der Waals surface area contributed by atoms with E-state index < -0.39 is 0 Å². The van der Waals surface area contributed by atoms with Crippen LogP contribution in [0.4, 0.5) is 0 Å². The number of aromatic nitrogens is 4. The van der Waals surface area contributed by atoms with Gasteiger partial charge < -0.3 is 0 Å². The highest BCUT2D eigenvalue weighted by Crippen LogP contribution is 2.21. The topological polar surface area (TPSA) is 43.1 Å². The van der Waals surface area contributed by atoms with Gasteiger partial charge in [-0.15, -0.1) is 10.2 Å². The van der Waals surface area contributed by atoms with Crippen LogP contribution in [0.1, 0.15) is 13.3 Å². The quantitative estimate of drug-likeness (QED) is 0.664. The Balaban J connectivity index is 2.20. The Labute approximate surface area is 103 Å². The van der Waals surface area contributed by atoms with Gasteiger partial charge in [0.15, 0.2) is 10.8 Å². The molecular weight excluding hydrogens is 232 g/mol. The zero-order valence-electron chi connectivity index (χ0n) is 9.50. The monoisotopic (exact) mass is 244 g/mol. The third-order valence-corrected chi connectivity index (χ3v) is 3.71. The maximum absolute atomic E-state index is 4.42. The second-order valence-corrected chi connectivity index (χ2v) is 4.85. The first kappa shape index (κ1) is 10.5. The van der Waals surface area contributed by atoms with Crippen LogP contribution in [0.5, 0.6) is 0 Å². The highest BCUT2D eigenvalue weighted by molar-refractivity contribution is 7.99. The molecule has 0 radical (unpaired) electrons. The summed E-state index contributed by atoms with van der Waals surface area (Å²) in [6.45, 7) is 2.16. The maximum Gasteiger partial charge on any atom is 0.196 e. The van der Waals surface area contributed by atoms with Gasteiger partial charge >= 0.3 is 0 Å². The lowest BCUT2D eigenvalue weighted by Gasteiger charge is -2.00. The maximum atomic E-state index is 4.42. The molecule has 5 heteroatoms. The first-order chi connectivity index (χ1) is 8.40. The van der Waals surface area contributed by atoms with Crippen molar-refractivity contribution in [1.82, 2.24) is 19.6 Å². The minimum absolute atomic E-state index is 0.884. The number of fused-ring (bicyclic) bond motifs is 3. The molecule has 2 aromatic heterocycles. The molecule has 2 heterocycles. The van der Waals surface area contributed by atoms with Crippen LogP contribution in [0, 0.1) is 0 Å². The number of nitrogens with zero attached hydrogens (tertiary/aromatic N) is 4. The van der Waals surface area contributed by atoms with Gasteiger partial charge in [0.1, 0.15) is 6.33 Å². The molecule has 0 spiro atoms. The average Bonchev–Trinajstić information content (AvgIpc) is 2.80. The van der Waals surface area contributed by atoms with Crippen molar-refractivity contribution in [2.24, 2.45) is 0 Å². The van der Waals surface area contributed by atoms with Crippen molar-refractivity contribution in [2.45, 2.75) is 18.5 Å². The predicted octanol–water partition coefficient (Wildman–Crippen LogP) is 2.78. The van der Waals surface area contributed by atoms with E-state index in [-0.39, 0.29) is 0 Å². The first-order valence-electron chi connectivity index (χ1n) is 5.61. The molecule has 0 saturated heterocycles. The van der Waals surface area contributed by atoms with Crippen LogP contribution < -0.4 is 0 Å². The molecule has 0 N–H and O–H groups in total. The molecule has 1 aromatic carbocycles. The smallest absolute Gasteiger partial charge is 0.196 e. The van der Waals surface area contributed by atoms with E-state index >= 15 is 0 Å². The van der Waals surface area contributed by atoms with Crippen LogP contribution >= 0.6 is 11.8 Å². The minimum Gasteiger partial charge on any atom is -0.260 e. The zero-order valence-corrected chi connectivity index (χ0v) is 10.3. The Kier molecular flexibility index (Phi) is 2.68. The molecule has 86 valence electrons. The lowest BCUT2D eigenvalue weighted by molar-refractivity contribution is 0.904. The van der Waals surface area contributed by atoms with E-state index in [2.05, 4.69) is 22.1 Å². The van der Waals surface area contributed by atoms with E-state index in [9.17, 15) is 0 Å². The number of para-hydroxylation sites is 1. The fourth-order valence-electron chi connectivity index (χ4n) is 1.75. The third kappa shape index (κ3) is 1.76. The number of hydrogen-bond acceptors (Lipinski definition) is 4. The zero-order chi connectivity index (χ0) is 11.7. The summed E-state index contributed by atoms with van der Waals surface area (Å²) < 4.78 is 1.96. The van der Waals surface area contributed by atoms with Gasteiger partial charge in [0, 0.05) is 11.1 Å². The summed E-state index contributed by atoms with van der Waals surface area (Å²) in [5.74, 6) is 1.05. The number of benzene rings is 1. The highest BCUT2D eigenvalue weighted by atomic mass is 32.2. The molecule has 4 nitrogen and oxygen atoms in total. The van der Waals surface area contributed by atoms with Gasteiger partial charge in [0.25, 0.3) is 0 Å². The molecule has 0 bridgehead atoms. The molecule has 0 amide bonds. The molecule has 0 saturated carbocycles. The normalized spacial score (nSPS) is 11.4. The van der Waals surface area contributed by atoms with Crippen molar-refractivity contribution in [3.8, 4) is 0 Å². The standard InChI is InChI=1S/C12H12N4S/c1-2-7-17-12-15-14-11-9-5-3-4-6-10(9)13-8-16(11)12/h3-6,8H,2,7H2,1H3. The lowest BCUT2D eigenvalue weighted by atomic mass is 10.2. The van der Waals surface area contributed by atoms with Crippen molar-refractivity contribution in [3.05, 3.63) is 30.6 Å². The summed E-state index contributed by atoms with van der Waals surface area (Å²) in [7, 11) is 0. The highest BCUT2D eigenvalue weighted by Gasteiger charge is 2.08. The summed E-state index contributed by atoms with van der Waals surface area (Å²) in [6, 6.07) is 8.00. The van der Waals surface area contributed by atoms with Crippen LogP contribution in [-0.2, 0) is 0 Å². The Morgan fingerprint density at radius 1 is 1.24 bits per heavy atom. The van der Waals surface area contributed by atoms with Gasteiger partial charge in [-0.3, -0.25) is 4.40 Å². The van der Waals surface area contributed by atoms with Gasteiger partial charge in [-0.2, -0.15) is 0 Å². The first-order valence-corrected chi connectivity index (χ1v) is 6.60. The lowest BCUT2D eigenvalue weighted by Crippen LogP contribution is -1.91. The van der Waals surface area contributed by atoms with Crippen LogP contribution in [0.25, 0.3) is 16.6 Å². The Morgan fingerprint density at radius 2 is 2.12 bits per heavy atom. The summed E-state index contributed by atoms with van der Waals surface area (Å²) in [5.41, 5.74) is 1.84. The van der Waals surface area contributed by atoms with E-state index in [1.807, 2.05) is 28.7 Å². The fourth-order valence-corrected chi connectivity index (χ4v) is 2.51. The van der Waals surface area contributed by atoms with Crippen LogP contribution in [-0.4, -0.2) is 25.3 Å². The molecule has 3 aromatic rings. The van der Waals surface area contributed by atoms with E-state index in [0.717, 1.165) is 33.9 Å². The van der Waals surface area contributed by atoms with E-state index in [4.69, 9.17) is 0 Å². The SMILES string of the molecule is CCCSc1nnc2c3ccccc3ncn12. The van der Waals surface area contributed by atoms with E-state index in [1.165, 1.54) is 0 Å². The van der Waals surface area contributed by atoms with Gasteiger partial charge in [-0.25, -0.2) is 4.98 Å². The molecule has 0 fully saturated rings. The number of rotatable bonds is 3. The average molecular weight is 244 g/mol. The second-order valence-electron chi connectivity index (χ2n) is 3.79. The van der Waals surface area contributed by atoms with Crippen molar-refractivity contribution >= 4 is 28.3 Å². The molecule has 17 heavy (non-hydrogen) atoms. The number of hydrogen-bond donors (Lipinski definition) is 0. The minimum atomic E-state index is 0.884. The van der Waals surface area contributed by atoms with Crippen LogP contribution in [0.2, 0.25) is 0 Å². The molecule has 0 unspecified atom stereocenters. The van der Waals surface area contributed by atoms with E-state index in [1.54, 1.807) is 18.1 Å². The molecule has 0 aliphatic carbocycles. The largest absolute Gasteiger partial charge is 0.260 e. The predicted molar refractivity (Wildman–Crippen MR) is 69.3 cm³/mol. The van der Waals surface area contributed by atoms with E-state index in [0.29, 0.717) is 0 Å². The van der Waals surface area contributed by atoms with Gasteiger partial charge in [-0.1, -0.05) is 30.8 Å². The van der Waals surface area contributed by atoms with Crippen molar-refractivity contribution in [3.63, 3.8) is 0 Å². The summed E-state index contributed by atoms with van der Waals surface area (Å²) in [4.78, 5) is 4.42. The molecule has 0 aliphatic rings. The molecule has 0 aliphatic heterocycles.